The van der Waals surface area contributed by atoms with E-state index >= 15 is 0 Å². The fourth-order valence-corrected chi connectivity index (χ4v) is 0.703. The first kappa shape index (κ1) is 9.92. The summed E-state index contributed by atoms with van der Waals surface area (Å²) < 4.78 is 0. The van der Waals surface area contributed by atoms with Crippen LogP contribution in [-0.4, -0.2) is 12.2 Å². The van der Waals surface area contributed by atoms with Gasteiger partial charge in [0.2, 0.25) is 0 Å². The summed E-state index contributed by atoms with van der Waals surface area (Å²) in [6, 6.07) is 8.28. The van der Waals surface area contributed by atoms with Crippen LogP contribution in [0.4, 0.5) is 0 Å². The Hall–Kier alpha value is -1.08. The van der Waals surface area contributed by atoms with Crippen LogP contribution in [0.2, 0.25) is 0 Å². The van der Waals surface area contributed by atoms with Gasteiger partial charge in [-0.15, -0.1) is 0 Å². The predicted molar refractivity (Wildman–Crippen MR) is 49.4 cm³/mol. The molecule has 0 saturated heterocycles. The van der Waals surface area contributed by atoms with E-state index in [1.807, 2.05) is 6.08 Å². The first-order chi connectivity index (χ1) is 5.33. The third-order valence-corrected chi connectivity index (χ3v) is 1.31. The van der Waals surface area contributed by atoms with Gasteiger partial charge in [0.25, 0.3) is 0 Å². The fraction of sp³-hybridized carbons (Fsp3) is 0.200. The standard InChI is InChI=1S/C9H10.CH4O/c1-3-9-6-4-8(2)5-7-9;1-2/h3-7H,1H2,2H3;2H,1H3. The molecule has 11 heavy (non-hydrogen) atoms. The van der Waals surface area contributed by atoms with Gasteiger partial charge in [0, 0.05) is 7.11 Å². The van der Waals surface area contributed by atoms with E-state index in [9.17, 15) is 0 Å². The second-order valence-electron chi connectivity index (χ2n) is 2.11. The molecule has 0 spiro atoms. The maximum atomic E-state index is 7.00. The predicted octanol–water partition coefficient (Wildman–Crippen LogP) is 2.25. The van der Waals surface area contributed by atoms with Gasteiger partial charge in [0.1, 0.15) is 0 Å². The van der Waals surface area contributed by atoms with Gasteiger partial charge in [-0.1, -0.05) is 42.5 Å². The molecule has 0 atom stereocenters. The number of rotatable bonds is 1. The Kier molecular flexibility index (Phi) is 5.13. The monoisotopic (exact) mass is 150 g/mol. The van der Waals surface area contributed by atoms with Crippen LogP contribution in [0.15, 0.2) is 30.8 Å². The first-order valence-corrected chi connectivity index (χ1v) is 3.47. The minimum Gasteiger partial charge on any atom is -0.400 e. The molecule has 0 saturated carbocycles. The van der Waals surface area contributed by atoms with E-state index in [0.717, 1.165) is 7.11 Å². The molecule has 0 aromatic heterocycles. The average Bonchev–Trinajstić information content (AvgIpc) is 2.10. The molecule has 0 fully saturated rings. The third kappa shape index (κ3) is 3.58. The number of hydrogen-bond donors (Lipinski definition) is 1. The molecule has 1 heteroatoms. The second kappa shape index (κ2) is 5.69. The minimum absolute atomic E-state index is 1.00. The topological polar surface area (TPSA) is 20.2 Å². The molecule has 60 valence electrons. The largest absolute Gasteiger partial charge is 0.400 e. The quantitative estimate of drug-likeness (QED) is 0.651. The number of hydrogen-bond acceptors (Lipinski definition) is 1. The van der Waals surface area contributed by atoms with Crippen molar-refractivity contribution in [1.29, 1.82) is 0 Å². The molecule has 1 N–H and O–H groups in total. The summed E-state index contributed by atoms with van der Waals surface area (Å²) in [6.07, 6.45) is 1.85. The van der Waals surface area contributed by atoms with Gasteiger partial charge in [-0.25, -0.2) is 0 Å². The van der Waals surface area contributed by atoms with E-state index in [1.165, 1.54) is 11.1 Å². The van der Waals surface area contributed by atoms with Crippen LogP contribution in [0.1, 0.15) is 11.1 Å². The van der Waals surface area contributed by atoms with Crippen LogP contribution in [0.3, 0.4) is 0 Å². The maximum absolute atomic E-state index is 7.00. The molecule has 0 aliphatic rings. The Labute approximate surface area is 68.0 Å². The summed E-state index contributed by atoms with van der Waals surface area (Å²) in [4.78, 5) is 0. The van der Waals surface area contributed by atoms with Crippen molar-refractivity contribution in [2.45, 2.75) is 6.92 Å². The highest BCUT2D eigenvalue weighted by Crippen LogP contribution is 2.02. The lowest BCUT2D eigenvalue weighted by Gasteiger charge is -1.91. The molecule has 0 aliphatic heterocycles. The molecule has 0 aliphatic carbocycles. The van der Waals surface area contributed by atoms with Gasteiger partial charge in [-0.2, -0.15) is 0 Å². The zero-order valence-electron chi connectivity index (χ0n) is 7.04. The molecule has 1 aromatic carbocycles. The first-order valence-electron chi connectivity index (χ1n) is 3.47. The van der Waals surface area contributed by atoms with Crippen molar-refractivity contribution in [1.82, 2.24) is 0 Å². The number of benzene rings is 1. The molecular formula is C10H14O. The van der Waals surface area contributed by atoms with E-state index in [2.05, 4.69) is 37.8 Å². The molecule has 0 heterocycles. The summed E-state index contributed by atoms with van der Waals surface area (Å²) >= 11 is 0. The van der Waals surface area contributed by atoms with Gasteiger partial charge < -0.3 is 5.11 Å². The zero-order chi connectivity index (χ0) is 8.69. The SMILES string of the molecule is C=Cc1ccc(C)cc1.CO. The number of aliphatic hydroxyl groups excluding tert-OH is 1. The molecule has 0 radical (unpaired) electrons. The number of aliphatic hydroxyl groups is 1. The van der Waals surface area contributed by atoms with Crippen LogP contribution >= 0.6 is 0 Å². The highest BCUT2D eigenvalue weighted by Gasteiger charge is 1.82. The molecule has 0 unspecified atom stereocenters. The summed E-state index contributed by atoms with van der Waals surface area (Å²) in [5.41, 5.74) is 2.47. The van der Waals surface area contributed by atoms with Crippen LogP contribution in [0.5, 0.6) is 0 Å². The fourth-order valence-electron chi connectivity index (χ4n) is 0.703. The van der Waals surface area contributed by atoms with Crippen LogP contribution in [-0.2, 0) is 0 Å². The van der Waals surface area contributed by atoms with Crippen molar-refractivity contribution < 1.29 is 5.11 Å². The Bertz CT molecular complexity index is 199. The third-order valence-electron chi connectivity index (χ3n) is 1.31. The summed E-state index contributed by atoms with van der Waals surface area (Å²) in [5, 5.41) is 7.00. The average molecular weight is 150 g/mol. The van der Waals surface area contributed by atoms with Gasteiger partial charge in [-0.3, -0.25) is 0 Å². The second-order valence-corrected chi connectivity index (χ2v) is 2.11. The van der Waals surface area contributed by atoms with Crippen molar-refractivity contribution in [3.05, 3.63) is 42.0 Å². The lowest BCUT2D eigenvalue weighted by molar-refractivity contribution is 0.399. The molecule has 0 bridgehead atoms. The molecule has 1 rings (SSSR count). The Morgan fingerprint density at radius 2 is 1.64 bits per heavy atom. The van der Waals surface area contributed by atoms with Crippen LogP contribution < -0.4 is 0 Å². The summed E-state index contributed by atoms with van der Waals surface area (Å²) in [7, 11) is 1.00. The van der Waals surface area contributed by atoms with Crippen molar-refractivity contribution in [3.63, 3.8) is 0 Å². The van der Waals surface area contributed by atoms with Crippen molar-refractivity contribution >= 4 is 6.08 Å². The smallest absolute Gasteiger partial charge is 0.0319 e. The Morgan fingerprint density at radius 3 is 2.00 bits per heavy atom. The van der Waals surface area contributed by atoms with E-state index < -0.39 is 0 Å². The summed E-state index contributed by atoms with van der Waals surface area (Å²) in [5.74, 6) is 0. The maximum Gasteiger partial charge on any atom is 0.0319 e. The van der Waals surface area contributed by atoms with E-state index in [0.29, 0.717) is 0 Å². The normalized spacial score (nSPS) is 7.91. The van der Waals surface area contributed by atoms with Gasteiger partial charge in [0.05, 0.1) is 0 Å². The summed E-state index contributed by atoms with van der Waals surface area (Å²) in [6.45, 7) is 5.74. The Morgan fingerprint density at radius 1 is 1.18 bits per heavy atom. The van der Waals surface area contributed by atoms with Crippen LogP contribution in [0, 0.1) is 6.92 Å². The van der Waals surface area contributed by atoms with Crippen molar-refractivity contribution in [2.75, 3.05) is 7.11 Å². The van der Waals surface area contributed by atoms with Crippen LogP contribution in [0.25, 0.3) is 6.08 Å². The van der Waals surface area contributed by atoms with Crippen molar-refractivity contribution in [3.8, 4) is 0 Å². The zero-order valence-corrected chi connectivity index (χ0v) is 7.04. The molecule has 1 aromatic rings. The van der Waals surface area contributed by atoms with Gasteiger partial charge in [0.15, 0.2) is 0 Å². The van der Waals surface area contributed by atoms with Crippen molar-refractivity contribution in [2.24, 2.45) is 0 Å². The molecule has 1 nitrogen and oxygen atoms in total. The van der Waals surface area contributed by atoms with E-state index in [1.54, 1.807) is 0 Å². The minimum atomic E-state index is 1.00. The Balaban J connectivity index is 0.000000461. The highest BCUT2D eigenvalue weighted by molar-refractivity contribution is 5.46. The lowest BCUT2D eigenvalue weighted by atomic mass is 10.2. The highest BCUT2D eigenvalue weighted by atomic mass is 16.2. The molecule has 0 amide bonds. The lowest BCUT2D eigenvalue weighted by Crippen LogP contribution is -1.71. The van der Waals surface area contributed by atoms with E-state index in [4.69, 9.17) is 5.11 Å². The number of aryl methyl sites for hydroxylation is 1. The van der Waals surface area contributed by atoms with E-state index in [-0.39, 0.29) is 0 Å². The van der Waals surface area contributed by atoms with Gasteiger partial charge >= 0.3 is 0 Å². The van der Waals surface area contributed by atoms with Gasteiger partial charge in [-0.05, 0) is 12.5 Å². The molecular weight excluding hydrogens is 136 g/mol.